The van der Waals surface area contributed by atoms with Crippen LogP contribution in [0.15, 0.2) is 5.38 Å². The Bertz CT molecular complexity index is 367. The highest BCUT2D eigenvalue weighted by Crippen LogP contribution is 2.42. The number of carbonyl (C=O) groups excluding carboxylic acids is 1. The van der Waals surface area contributed by atoms with Crippen molar-refractivity contribution in [3.63, 3.8) is 0 Å². The van der Waals surface area contributed by atoms with Crippen molar-refractivity contribution in [2.75, 3.05) is 7.11 Å². The van der Waals surface area contributed by atoms with Crippen molar-refractivity contribution in [3.05, 3.63) is 16.1 Å². The minimum Gasteiger partial charge on any atom is -0.371 e. The molecule has 1 fully saturated rings. The second kappa shape index (κ2) is 4.63. The van der Waals surface area contributed by atoms with Gasteiger partial charge in [-0.15, -0.1) is 11.3 Å². The van der Waals surface area contributed by atoms with E-state index in [1.54, 1.807) is 12.5 Å². The first-order valence-corrected chi connectivity index (χ1v) is 6.54. The molecule has 1 aliphatic rings. The normalized spacial score (nSPS) is 30.2. The summed E-state index contributed by atoms with van der Waals surface area (Å²) in [6.07, 6.45) is 5.16. The predicted molar refractivity (Wildman–Crippen MR) is 63.8 cm³/mol. The average Bonchev–Trinajstić information content (AvgIpc) is 2.80. The molecule has 1 heterocycles. The van der Waals surface area contributed by atoms with Crippen molar-refractivity contribution in [1.82, 2.24) is 4.98 Å². The predicted octanol–water partition coefficient (Wildman–Crippen LogP) is 3.01. The third kappa shape index (κ3) is 2.04. The highest BCUT2D eigenvalue weighted by molar-refractivity contribution is 7.10. The molecule has 0 spiro atoms. The molecule has 0 amide bonds. The molecular formula is C12H17NO2S. The van der Waals surface area contributed by atoms with Crippen molar-refractivity contribution in [1.29, 1.82) is 0 Å². The average molecular weight is 239 g/mol. The van der Waals surface area contributed by atoms with Crippen molar-refractivity contribution >= 4 is 17.6 Å². The largest absolute Gasteiger partial charge is 0.371 e. The number of nitrogens with zero attached hydrogens (tertiary/aromatic N) is 1. The fourth-order valence-corrected chi connectivity index (χ4v) is 3.28. The number of rotatable bonds is 3. The van der Waals surface area contributed by atoms with Crippen LogP contribution in [0.2, 0.25) is 0 Å². The number of ether oxygens (including phenoxy) is 1. The maximum Gasteiger partial charge on any atom is 0.169 e. The third-order valence-electron chi connectivity index (χ3n) is 3.51. The van der Waals surface area contributed by atoms with E-state index in [1.165, 1.54) is 24.2 Å². The van der Waals surface area contributed by atoms with E-state index >= 15 is 0 Å². The first-order chi connectivity index (χ1) is 7.70. The van der Waals surface area contributed by atoms with Gasteiger partial charge in [0.15, 0.2) is 6.29 Å². The van der Waals surface area contributed by atoms with E-state index in [0.717, 1.165) is 30.1 Å². The summed E-state index contributed by atoms with van der Waals surface area (Å²) < 4.78 is 5.70. The number of carbonyl (C=O) groups is 1. The summed E-state index contributed by atoms with van der Waals surface area (Å²) in [6, 6.07) is 0. The molecule has 1 aromatic heterocycles. The molecule has 2 rings (SSSR count). The lowest BCUT2D eigenvalue weighted by Crippen LogP contribution is -2.33. The summed E-state index contributed by atoms with van der Waals surface area (Å²) >= 11 is 1.54. The van der Waals surface area contributed by atoms with Gasteiger partial charge in [0.05, 0.1) is 0 Å². The number of methoxy groups -OCH3 is 1. The lowest BCUT2D eigenvalue weighted by atomic mass is 9.80. The van der Waals surface area contributed by atoms with Crippen LogP contribution in [0.1, 0.15) is 48.1 Å². The number of hydrogen-bond acceptors (Lipinski definition) is 4. The van der Waals surface area contributed by atoms with Crippen molar-refractivity contribution < 1.29 is 9.53 Å². The second-order valence-electron chi connectivity index (χ2n) is 4.58. The molecular weight excluding hydrogens is 222 g/mol. The third-order valence-corrected chi connectivity index (χ3v) is 4.55. The number of thiazole rings is 1. The number of aromatic nitrogens is 1. The maximum atomic E-state index is 10.7. The Balaban J connectivity index is 2.23. The number of aldehydes is 1. The monoisotopic (exact) mass is 239 g/mol. The molecule has 0 unspecified atom stereocenters. The molecule has 1 aromatic rings. The second-order valence-corrected chi connectivity index (χ2v) is 5.43. The summed E-state index contributed by atoms with van der Waals surface area (Å²) in [6.45, 7) is 2.28. The van der Waals surface area contributed by atoms with E-state index in [2.05, 4.69) is 11.9 Å². The van der Waals surface area contributed by atoms with Crippen LogP contribution in [-0.2, 0) is 10.3 Å². The number of hydrogen-bond donors (Lipinski definition) is 0. The van der Waals surface area contributed by atoms with Crippen LogP contribution in [0.4, 0.5) is 0 Å². The summed E-state index contributed by atoms with van der Waals surface area (Å²) in [4.78, 5) is 15.0. The van der Waals surface area contributed by atoms with Crippen LogP contribution in [0.5, 0.6) is 0 Å². The molecule has 0 atom stereocenters. The molecule has 88 valence electrons. The summed E-state index contributed by atoms with van der Waals surface area (Å²) in [7, 11) is 1.75. The van der Waals surface area contributed by atoms with Crippen LogP contribution in [0.3, 0.4) is 0 Å². The molecule has 16 heavy (non-hydrogen) atoms. The molecule has 0 bridgehead atoms. The molecule has 1 saturated carbocycles. The highest BCUT2D eigenvalue weighted by Gasteiger charge is 2.38. The van der Waals surface area contributed by atoms with Crippen molar-refractivity contribution in [2.24, 2.45) is 5.92 Å². The Morgan fingerprint density at radius 2 is 2.25 bits per heavy atom. The summed E-state index contributed by atoms with van der Waals surface area (Å²) in [5.74, 6) is 0.772. The molecule has 0 saturated heterocycles. The van der Waals surface area contributed by atoms with E-state index in [0.29, 0.717) is 5.69 Å². The molecule has 4 heteroatoms. The topological polar surface area (TPSA) is 39.2 Å². The van der Waals surface area contributed by atoms with Crippen LogP contribution in [-0.4, -0.2) is 18.4 Å². The minimum atomic E-state index is -0.238. The van der Waals surface area contributed by atoms with Crippen LogP contribution >= 0.6 is 11.3 Å². The Morgan fingerprint density at radius 3 is 2.75 bits per heavy atom. The molecule has 0 N–H and O–H groups in total. The summed E-state index contributed by atoms with van der Waals surface area (Å²) in [5, 5.41) is 2.77. The van der Waals surface area contributed by atoms with E-state index in [-0.39, 0.29) is 5.60 Å². The zero-order valence-electron chi connectivity index (χ0n) is 9.73. The first kappa shape index (κ1) is 11.7. The standard InChI is InChI=1S/C12H17NO2S/c1-9-3-5-12(15-2,6-4-9)11-13-10(7-14)8-16-11/h7-9H,3-6H2,1-2H3. The van der Waals surface area contributed by atoms with E-state index in [9.17, 15) is 4.79 Å². The van der Waals surface area contributed by atoms with Gasteiger partial charge < -0.3 is 4.74 Å². The van der Waals surface area contributed by atoms with Gasteiger partial charge in [0.2, 0.25) is 0 Å². The van der Waals surface area contributed by atoms with Gasteiger partial charge >= 0.3 is 0 Å². The van der Waals surface area contributed by atoms with Gasteiger partial charge in [0, 0.05) is 12.5 Å². The van der Waals surface area contributed by atoms with Crippen LogP contribution in [0, 0.1) is 5.92 Å². The Morgan fingerprint density at radius 1 is 1.56 bits per heavy atom. The summed E-state index contributed by atoms with van der Waals surface area (Å²) in [5.41, 5.74) is 0.286. The first-order valence-electron chi connectivity index (χ1n) is 5.66. The molecule has 0 radical (unpaired) electrons. The lowest BCUT2D eigenvalue weighted by Gasteiger charge is -2.36. The molecule has 0 aromatic carbocycles. The van der Waals surface area contributed by atoms with Gasteiger partial charge in [-0.1, -0.05) is 6.92 Å². The van der Waals surface area contributed by atoms with Gasteiger partial charge in [-0.05, 0) is 31.6 Å². The zero-order valence-corrected chi connectivity index (χ0v) is 10.5. The molecule has 1 aliphatic carbocycles. The van der Waals surface area contributed by atoms with Gasteiger partial charge in [-0.3, -0.25) is 4.79 Å². The maximum absolute atomic E-state index is 10.7. The van der Waals surface area contributed by atoms with Gasteiger partial charge in [-0.2, -0.15) is 0 Å². The van der Waals surface area contributed by atoms with Crippen molar-refractivity contribution in [2.45, 2.75) is 38.2 Å². The van der Waals surface area contributed by atoms with Gasteiger partial charge in [-0.25, -0.2) is 4.98 Å². The Kier molecular flexibility index (Phi) is 3.40. The smallest absolute Gasteiger partial charge is 0.169 e. The fraction of sp³-hybridized carbons (Fsp3) is 0.667. The molecule has 3 nitrogen and oxygen atoms in total. The zero-order chi connectivity index (χ0) is 11.6. The SMILES string of the molecule is COC1(c2nc(C=O)cs2)CCC(C)CC1. The van der Waals surface area contributed by atoms with Gasteiger partial charge in [0.1, 0.15) is 16.3 Å². The van der Waals surface area contributed by atoms with E-state index in [4.69, 9.17) is 4.74 Å². The van der Waals surface area contributed by atoms with E-state index < -0.39 is 0 Å². The van der Waals surface area contributed by atoms with E-state index in [1.807, 2.05) is 0 Å². The fourth-order valence-electron chi connectivity index (χ4n) is 2.28. The lowest BCUT2D eigenvalue weighted by molar-refractivity contribution is -0.0531. The minimum absolute atomic E-state index is 0.238. The highest BCUT2D eigenvalue weighted by atomic mass is 32.1. The Hall–Kier alpha value is -0.740. The van der Waals surface area contributed by atoms with Gasteiger partial charge in [0.25, 0.3) is 0 Å². The quantitative estimate of drug-likeness (QED) is 0.761. The molecule has 0 aliphatic heterocycles. The Labute approximate surface area is 99.8 Å². The van der Waals surface area contributed by atoms with Crippen molar-refractivity contribution in [3.8, 4) is 0 Å². The van der Waals surface area contributed by atoms with Crippen LogP contribution < -0.4 is 0 Å². The van der Waals surface area contributed by atoms with Crippen LogP contribution in [0.25, 0.3) is 0 Å².